The molecule has 1 saturated carbocycles. The topological polar surface area (TPSA) is 84.3 Å². The highest BCUT2D eigenvalue weighted by molar-refractivity contribution is 6.35. The number of rotatable bonds is 5. The Morgan fingerprint density at radius 3 is 3.00 bits per heavy atom. The molecule has 5 rings (SSSR count). The highest BCUT2D eigenvalue weighted by atomic mass is 35.5. The highest BCUT2D eigenvalue weighted by Crippen LogP contribution is 2.44. The number of fused-ring (bicyclic) bond motifs is 2. The van der Waals surface area contributed by atoms with Crippen molar-refractivity contribution in [1.29, 1.82) is 0 Å². The lowest BCUT2D eigenvalue weighted by Gasteiger charge is -2.13. The van der Waals surface area contributed by atoms with Crippen molar-refractivity contribution in [3.8, 4) is 16.9 Å². The van der Waals surface area contributed by atoms with E-state index in [0.29, 0.717) is 39.9 Å². The minimum absolute atomic E-state index is 0.0229. The van der Waals surface area contributed by atoms with Crippen LogP contribution in [0.1, 0.15) is 12.8 Å². The molecule has 3 heterocycles. The van der Waals surface area contributed by atoms with Crippen LogP contribution in [0.3, 0.4) is 0 Å². The van der Waals surface area contributed by atoms with Gasteiger partial charge in [0, 0.05) is 22.7 Å². The molecular weight excluding hydrogens is 373 g/mol. The average molecular weight is 386 g/mol. The number of aromatic nitrogens is 4. The largest absolute Gasteiger partial charge is 0.485 e. The molecule has 7 nitrogen and oxygen atoms in total. The number of imidazole rings is 1. The molecule has 1 amide bonds. The first-order valence-corrected chi connectivity index (χ1v) is 8.73. The quantitative estimate of drug-likeness (QED) is 0.512. The van der Waals surface area contributed by atoms with Crippen LogP contribution < -0.4 is 10.1 Å². The van der Waals surface area contributed by atoms with E-state index in [0.717, 1.165) is 12.8 Å². The van der Waals surface area contributed by atoms with Crippen LogP contribution in [-0.4, -0.2) is 32.1 Å². The van der Waals surface area contributed by atoms with Gasteiger partial charge < -0.3 is 14.5 Å². The van der Waals surface area contributed by atoms with Gasteiger partial charge in [0.25, 0.3) is 0 Å². The van der Waals surface area contributed by atoms with Crippen molar-refractivity contribution in [1.82, 2.24) is 19.6 Å². The molecule has 136 valence electrons. The van der Waals surface area contributed by atoms with E-state index in [9.17, 15) is 9.18 Å². The Hall–Kier alpha value is -3.13. The van der Waals surface area contributed by atoms with Crippen molar-refractivity contribution in [3.63, 3.8) is 0 Å². The molecule has 1 aromatic carbocycles. The Bertz CT molecular complexity index is 1200. The summed E-state index contributed by atoms with van der Waals surface area (Å²) in [6, 6.07) is 3.56. The van der Waals surface area contributed by atoms with Crippen LogP contribution in [-0.2, 0) is 4.79 Å². The zero-order chi connectivity index (χ0) is 18.5. The smallest absolute Gasteiger partial charge is 0.212 e. The number of ether oxygens (including phenoxy) is 1. The first kappa shape index (κ1) is 16.1. The zero-order valence-corrected chi connectivity index (χ0v) is 14.6. The lowest BCUT2D eigenvalue weighted by Crippen LogP contribution is -2.01. The fraction of sp³-hybridized carbons (Fsp3) is 0.167. The minimum atomic E-state index is -0.607. The number of amides is 1. The summed E-state index contributed by atoms with van der Waals surface area (Å²) in [6.07, 6.45) is 7.43. The van der Waals surface area contributed by atoms with Crippen molar-refractivity contribution in [2.24, 2.45) is 0 Å². The number of H-pyrrole nitrogens is 1. The Morgan fingerprint density at radius 2 is 2.22 bits per heavy atom. The summed E-state index contributed by atoms with van der Waals surface area (Å²) in [5, 5.41) is 10.0. The van der Waals surface area contributed by atoms with E-state index in [1.54, 1.807) is 35.1 Å². The van der Waals surface area contributed by atoms with Gasteiger partial charge in [-0.05, 0) is 25.0 Å². The van der Waals surface area contributed by atoms with E-state index in [4.69, 9.17) is 16.3 Å². The number of nitrogens with zero attached hydrogens (tertiary/aromatic N) is 3. The molecule has 2 N–H and O–H groups in total. The molecule has 1 aliphatic carbocycles. The number of carbonyl (C=O) groups excluding carboxylic acids is 1. The maximum Gasteiger partial charge on any atom is 0.212 e. The van der Waals surface area contributed by atoms with Crippen LogP contribution in [0.5, 0.6) is 5.75 Å². The summed E-state index contributed by atoms with van der Waals surface area (Å²) >= 11 is 6.40. The Labute approximate surface area is 157 Å². The summed E-state index contributed by atoms with van der Waals surface area (Å²) in [7, 11) is 0. The fourth-order valence-corrected chi connectivity index (χ4v) is 3.40. The minimum Gasteiger partial charge on any atom is -0.485 e. The van der Waals surface area contributed by atoms with Gasteiger partial charge in [0.1, 0.15) is 11.2 Å². The number of benzene rings is 1. The van der Waals surface area contributed by atoms with Crippen molar-refractivity contribution in [2.45, 2.75) is 18.9 Å². The molecule has 0 aliphatic heterocycles. The van der Waals surface area contributed by atoms with Crippen molar-refractivity contribution in [2.75, 3.05) is 5.32 Å². The van der Waals surface area contributed by atoms with Gasteiger partial charge >= 0.3 is 0 Å². The van der Waals surface area contributed by atoms with Gasteiger partial charge in [-0.15, -0.1) is 0 Å². The van der Waals surface area contributed by atoms with Gasteiger partial charge in [-0.3, -0.25) is 9.89 Å². The second kappa shape index (κ2) is 5.95. The van der Waals surface area contributed by atoms with Crippen LogP contribution in [0, 0.1) is 5.82 Å². The Kier molecular flexibility index (Phi) is 3.54. The number of carbonyl (C=O) groups is 1. The SMILES string of the molecule is O=CNc1cn2cc(-c3c(Cl)c(F)c(OC4CC4)c4[nH]ncc34)ccc2n1. The van der Waals surface area contributed by atoms with E-state index in [1.165, 1.54) is 0 Å². The molecule has 4 aromatic rings. The van der Waals surface area contributed by atoms with Crippen LogP contribution >= 0.6 is 11.6 Å². The molecule has 0 unspecified atom stereocenters. The van der Waals surface area contributed by atoms with Crippen molar-refractivity contribution >= 4 is 40.4 Å². The summed E-state index contributed by atoms with van der Waals surface area (Å²) < 4.78 is 22.4. The molecule has 0 saturated heterocycles. The lowest BCUT2D eigenvalue weighted by atomic mass is 10.0. The first-order valence-electron chi connectivity index (χ1n) is 8.35. The number of aromatic amines is 1. The summed E-state index contributed by atoms with van der Waals surface area (Å²) in [6.45, 7) is 0. The molecule has 0 radical (unpaired) electrons. The second-order valence-electron chi connectivity index (χ2n) is 6.38. The number of pyridine rings is 1. The third-order valence-electron chi connectivity index (χ3n) is 4.50. The number of anilines is 1. The maximum absolute atomic E-state index is 15.0. The molecule has 3 aromatic heterocycles. The summed E-state index contributed by atoms with van der Waals surface area (Å²) in [5.74, 6) is -0.0784. The van der Waals surface area contributed by atoms with E-state index in [-0.39, 0.29) is 16.9 Å². The van der Waals surface area contributed by atoms with Gasteiger partial charge in [-0.25, -0.2) is 9.37 Å². The number of halogens is 2. The predicted octanol–water partition coefficient (Wildman–Crippen LogP) is 3.78. The Morgan fingerprint density at radius 1 is 1.37 bits per heavy atom. The molecule has 0 bridgehead atoms. The van der Waals surface area contributed by atoms with Crippen LogP contribution in [0.2, 0.25) is 5.02 Å². The molecular formula is C18H13ClFN5O2. The third-order valence-corrected chi connectivity index (χ3v) is 4.86. The molecule has 1 fully saturated rings. The van der Waals surface area contributed by atoms with Crippen LogP contribution in [0.4, 0.5) is 10.2 Å². The monoisotopic (exact) mass is 385 g/mol. The van der Waals surface area contributed by atoms with Gasteiger partial charge in [-0.1, -0.05) is 11.6 Å². The molecule has 0 atom stereocenters. The van der Waals surface area contributed by atoms with E-state index in [2.05, 4.69) is 20.5 Å². The third kappa shape index (κ3) is 2.60. The molecule has 27 heavy (non-hydrogen) atoms. The molecule has 0 spiro atoms. The van der Waals surface area contributed by atoms with E-state index < -0.39 is 5.82 Å². The lowest BCUT2D eigenvalue weighted by molar-refractivity contribution is -0.105. The van der Waals surface area contributed by atoms with Crippen molar-refractivity contribution < 1.29 is 13.9 Å². The summed E-state index contributed by atoms with van der Waals surface area (Å²) in [4.78, 5) is 14.9. The zero-order valence-electron chi connectivity index (χ0n) is 13.9. The van der Waals surface area contributed by atoms with Crippen LogP contribution in [0.15, 0.2) is 30.7 Å². The fourth-order valence-electron chi connectivity index (χ4n) is 3.10. The van der Waals surface area contributed by atoms with E-state index in [1.807, 2.05) is 0 Å². The highest BCUT2D eigenvalue weighted by Gasteiger charge is 2.29. The van der Waals surface area contributed by atoms with Gasteiger partial charge in [-0.2, -0.15) is 5.10 Å². The van der Waals surface area contributed by atoms with Crippen molar-refractivity contribution in [3.05, 3.63) is 41.6 Å². The number of hydrogen-bond acceptors (Lipinski definition) is 4. The maximum atomic E-state index is 15.0. The van der Waals surface area contributed by atoms with Gasteiger partial charge in [0.2, 0.25) is 6.41 Å². The first-order chi connectivity index (χ1) is 13.2. The standard InChI is InChI=1S/C18H13ClFN5O2/c19-15-14(9-1-4-13-23-12(21-8-26)7-25(13)6-9)11-5-22-24-17(11)18(16(15)20)27-10-2-3-10/h1,4-8,10H,2-3H2,(H,21,26)(H,22,24). The van der Waals surface area contributed by atoms with E-state index >= 15 is 0 Å². The number of nitrogens with one attached hydrogen (secondary N) is 2. The van der Waals surface area contributed by atoms with Gasteiger partial charge in [0.05, 0.1) is 23.5 Å². The normalized spacial score (nSPS) is 14.0. The number of hydrogen-bond donors (Lipinski definition) is 2. The molecule has 9 heteroatoms. The van der Waals surface area contributed by atoms with Gasteiger partial charge in [0.15, 0.2) is 17.4 Å². The Balaban J connectivity index is 1.70. The van der Waals surface area contributed by atoms with Crippen LogP contribution in [0.25, 0.3) is 27.7 Å². The predicted molar refractivity (Wildman–Crippen MR) is 98.6 cm³/mol. The summed E-state index contributed by atoms with van der Waals surface area (Å²) in [5.41, 5.74) is 2.32. The molecule has 1 aliphatic rings. The average Bonchev–Trinajstić information content (AvgIpc) is 3.19. The second-order valence-corrected chi connectivity index (χ2v) is 6.76.